The van der Waals surface area contributed by atoms with Gasteiger partial charge in [0.2, 0.25) is 0 Å². The van der Waals surface area contributed by atoms with Crippen LogP contribution in [0.4, 0.5) is 17.1 Å². The van der Waals surface area contributed by atoms with Gasteiger partial charge in [0, 0.05) is 28.1 Å². The van der Waals surface area contributed by atoms with Gasteiger partial charge in [0.1, 0.15) is 11.5 Å². The summed E-state index contributed by atoms with van der Waals surface area (Å²) in [4.78, 5) is 2.40. The van der Waals surface area contributed by atoms with Crippen LogP contribution in [0.5, 0.6) is 11.5 Å². The number of fused-ring (bicyclic) bond motifs is 9. The number of nitrogens with zero attached hydrogens (tertiary/aromatic N) is 1. The van der Waals surface area contributed by atoms with E-state index >= 15 is 0 Å². The van der Waals surface area contributed by atoms with Gasteiger partial charge in [-0.05, 0) is 110 Å². The van der Waals surface area contributed by atoms with Crippen molar-refractivity contribution < 1.29 is 4.74 Å². The van der Waals surface area contributed by atoms with Crippen molar-refractivity contribution in [1.29, 1.82) is 0 Å². The predicted octanol–water partition coefficient (Wildman–Crippen LogP) is 16.3. The molecule has 0 aromatic heterocycles. The molecule has 2 nitrogen and oxygen atoms in total. The highest BCUT2D eigenvalue weighted by atomic mass is 16.5. The molecule has 10 aromatic carbocycles. The zero-order valence-corrected chi connectivity index (χ0v) is 34.5. The summed E-state index contributed by atoms with van der Waals surface area (Å²) in [6.45, 7) is 0. The van der Waals surface area contributed by atoms with Crippen molar-refractivity contribution in [1.82, 2.24) is 0 Å². The van der Waals surface area contributed by atoms with E-state index in [2.05, 4.69) is 254 Å². The van der Waals surface area contributed by atoms with E-state index in [1.165, 1.54) is 55.6 Å². The van der Waals surface area contributed by atoms with Gasteiger partial charge in [-0.25, -0.2) is 0 Å². The first-order chi connectivity index (χ1) is 31.3. The SMILES string of the molecule is c1ccc(-c2ccccc2-c2ccc(N(c3cccc(-c4ccc5c(c4)C4(c6ccccc6O5)c5ccccc5-c5ccccc54)c3)c3ccccc3-c3ccccc3)cc2)cc1. The van der Waals surface area contributed by atoms with Gasteiger partial charge >= 0.3 is 0 Å². The van der Waals surface area contributed by atoms with Gasteiger partial charge in [-0.2, -0.15) is 0 Å². The first kappa shape index (κ1) is 36.6. The van der Waals surface area contributed by atoms with E-state index in [0.29, 0.717) is 0 Å². The Bertz CT molecular complexity index is 3270. The Labute approximate surface area is 368 Å². The van der Waals surface area contributed by atoms with Crippen molar-refractivity contribution in [2.75, 3.05) is 4.90 Å². The number of para-hydroxylation sites is 2. The standard InChI is InChI=1S/C61H41NO/c1-3-18-42(19-4-1)49-24-7-8-25-50(49)44-34-37-47(38-35-44)62(58-32-15-11-26-51(58)43-20-5-2-6-21-43)48-23-17-22-45(40-48)46-36-39-60-57(41-46)61(56-31-14-16-33-59(56)63-60)54-29-12-9-27-52(54)53-28-10-13-30-55(53)61/h1-41H. The normalized spacial score (nSPS) is 12.7. The maximum Gasteiger partial charge on any atom is 0.132 e. The van der Waals surface area contributed by atoms with Crippen LogP contribution in [-0.4, -0.2) is 0 Å². The smallest absolute Gasteiger partial charge is 0.132 e. The van der Waals surface area contributed by atoms with E-state index in [9.17, 15) is 0 Å². The van der Waals surface area contributed by atoms with E-state index in [4.69, 9.17) is 4.74 Å². The summed E-state index contributed by atoms with van der Waals surface area (Å²) < 4.78 is 6.78. The highest BCUT2D eigenvalue weighted by Crippen LogP contribution is 2.62. The second-order valence-electron chi connectivity index (χ2n) is 16.4. The minimum Gasteiger partial charge on any atom is -0.457 e. The van der Waals surface area contributed by atoms with Crippen molar-refractivity contribution in [3.63, 3.8) is 0 Å². The van der Waals surface area contributed by atoms with Crippen molar-refractivity contribution in [2.24, 2.45) is 0 Å². The molecule has 0 bridgehead atoms. The van der Waals surface area contributed by atoms with Gasteiger partial charge in [0.15, 0.2) is 0 Å². The Morgan fingerprint density at radius 1 is 0.270 bits per heavy atom. The van der Waals surface area contributed by atoms with Crippen LogP contribution in [0.15, 0.2) is 249 Å². The zero-order valence-electron chi connectivity index (χ0n) is 34.5. The van der Waals surface area contributed by atoms with Crippen molar-refractivity contribution >= 4 is 17.1 Å². The lowest BCUT2D eigenvalue weighted by Crippen LogP contribution is -2.32. The van der Waals surface area contributed by atoms with Gasteiger partial charge in [0.25, 0.3) is 0 Å². The monoisotopic (exact) mass is 803 g/mol. The van der Waals surface area contributed by atoms with Crippen LogP contribution in [0.2, 0.25) is 0 Å². The number of rotatable bonds is 7. The molecular formula is C61H41NO. The summed E-state index contributed by atoms with van der Waals surface area (Å²) in [5.74, 6) is 1.78. The molecule has 0 unspecified atom stereocenters. The molecule has 0 atom stereocenters. The van der Waals surface area contributed by atoms with Crippen LogP contribution in [0, 0.1) is 0 Å². The van der Waals surface area contributed by atoms with E-state index < -0.39 is 5.41 Å². The maximum absolute atomic E-state index is 6.78. The maximum atomic E-state index is 6.78. The summed E-state index contributed by atoms with van der Waals surface area (Å²) in [7, 11) is 0. The molecular weight excluding hydrogens is 763 g/mol. The third-order valence-electron chi connectivity index (χ3n) is 13.0. The van der Waals surface area contributed by atoms with E-state index in [0.717, 1.165) is 50.8 Å². The summed E-state index contributed by atoms with van der Waals surface area (Å²) in [6, 6.07) is 89.9. The van der Waals surface area contributed by atoms with Gasteiger partial charge < -0.3 is 9.64 Å². The quantitative estimate of drug-likeness (QED) is 0.159. The Morgan fingerprint density at radius 3 is 1.40 bits per heavy atom. The van der Waals surface area contributed by atoms with Crippen LogP contribution in [-0.2, 0) is 5.41 Å². The molecule has 1 aliphatic heterocycles. The highest BCUT2D eigenvalue weighted by Gasteiger charge is 2.51. The van der Waals surface area contributed by atoms with Crippen LogP contribution >= 0.6 is 0 Å². The molecule has 0 fully saturated rings. The van der Waals surface area contributed by atoms with Crippen LogP contribution in [0.3, 0.4) is 0 Å². The second kappa shape index (κ2) is 15.1. The van der Waals surface area contributed by atoms with E-state index in [1.54, 1.807) is 0 Å². The average molecular weight is 804 g/mol. The lowest BCUT2D eigenvalue weighted by molar-refractivity contribution is 0.436. The summed E-state index contributed by atoms with van der Waals surface area (Å²) in [5, 5.41) is 0. The molecule has 1 heterocycles. The summed E-state index contributed by atoms with van der Waals surface area (Å²) in [6.07, 6.45) is 0. The minimum atomic E-state index is -0.535. The molecule has 2 aliphatic rings. The number of hydrogen-bond donors (Lipinski definition) is 0. The lowest BCUT2D eigenvalue weighted by atomic mass is 9.66. The van der Waals surface area contributed by atoms with E-state index in [-0.39, 0.29) is 0 Å². The molecule has 1 aliphatic carbocycles. The molecule has 10 aromatic rings. The molecule has 0 radical (unpaired) electrons. The van der Waals surface area contributed by atoms with Crippen LogP contribution in [0.1, 0.15) is 22.3 Å². The largest absolute Gasteiger partial charge is 0.457 e. The lowest BCUT2D eigenvalue weighted by Gasteiger charge is -2.39. The molecule has 2 heteroatoms. The molecule has 0 amide bonds. The van der Waals surface area contributed by atoms with Gasteiger partial charge in [-0.15, -0.1) is 0 Å². The molecule has 296 valence electrons. The van der Waals surface area contributed by atoms with Gasteiger partial charge in [-0.3, -0.25) is 0 Å². The number of benzene rings is 10. The minimum absolute atomic E-state index is 0.535. The third kappa shape index (κ3) is 5.95. The molecule has 12 rings (SSSR count). The first-order valence-electron chi connectivity index (χ1n) is 21.7. The Balaban J connectivity index is 1.02. The Kier molecular flexibility index (Phi) is 8.76. The van der Waals surface area contributed by atoms with Gasteiger partial charge in [0.05, 0.1) is 11.1 Å². The molecule has 0 N–H and O–H groups in total. The fourth-order valence-corrected chi connectivity index (χ4v) is 10.2. The summed E-state index contributed by atoms with van der Waals surface area (Å²) in [5.41, 5.74) is 19.5. The fraction of sp³-hybridized carbons (Fsp3) is 0.0164. The third-order valence-corrected chi connectivity index (χ3v) is 13.0. The van der Waals surface area contributed by atoms with E-state index in [1.807, 2.05) is 0 Å². The number of anilines is 3. The van der Waals surface area contributed by atoms with Crippen molar-refractivity contribution in [2.45, 2.75) is 5.41 Å². The summed E-state index contributed by atoms with van der Waals surface area (Å²) >= 11 is 0. The molecule has 1 spiro atoms. The van der Waals surface area contributed by atoms with Gasteiger partial charge in [-0.1, -0.05) is 200 Å². The highest BCUT2D eigenvalue weighted by molar-refractivity contribution is 5.92. The van der Waals surface area contributed by atoms with Crippen molar-refractivity contribution in [3.8, 4) is 67.1 Å². The topological polar surface area (TPSA) is 12.5 Å². The number of ether oxygens (including phenoxy) is 1. The molecule has 0 saturated carbocycles. The average Bonchev–Trinajstić information content (AvgIpc) is 3.65. The fourth-order valence-electron chi connectivity index (χ4n) is 10.2. The Morgan fingerprint density at radius 2 is 0.730 bits per heavy atom. The molecule has 0 saturated heterocycles. The number of hydrogen-bond acceptors (Lipinski definition) is 2. The predicted molar refractivity (Wildman–Crippen MR) is 260 cm³/mol. The molecule has 63 heavy (non-hydrogen) atoms. The van der Waals surface area contributed by atoms with Crippen LogP contribution < -0.4 is 9.64 Å². The zero-order chi connectivity index (χ0) is 41.7. The van der Waals surface area contributed by atoms with Crippen LogP contribution in [0.25, 0.3) is 55.6 Å². The Hall–Kier alpha value is -8.20. The first-order valence-corrected chi connectivity index (χ1v) is 21.7. The second-order valence-corrected chi connectivity index (χ2v) is 16.4. The van der Waals surface area contributed by atoms with Crippen molar-refractivity contribution in [3.05, 3.63) is 271 Å².